The molecule has 2 bridgehead atoms. The summed E-state index contributed by atoms with van der Waals surface area (Å²) in [5.74, 6) is 0.881. The minimum atomic E-state index is 0.242. The molecule has 0 spiro atoms. The molecule has 3 rings (SSSR count). The molecule has 0 amide bonds. The van der Waals surface area contributed by atoms with Crippen molar-refractivity contribution in [2.45, 2.75) is 44.6 Å². The molecule has 1 aromatic carbocycles. The van der Waals surface area contributed by atoms with Crippen LogP contribution in [0, 0.1) is 5.92 Å². The summed E-state index contributed by atoms with van der Waals surface area (Å²) in [6, 6.07) is 10.7. The van der Waals surface area contributed by atoms with Crippen LogP contribution in [0.3, 0.4) is 0 Å². The molecule has 2 atom stereocenters. The summed E-state index contributed by atoms with van der Waals surface area (Å²) in [7, 11) is 0. The quantitative estimate of drug-likeness (QED) is 0.672. The predicted molar refractivity (Wildman–Crippen MR) is 68.0 cm³/mol. The SMILES string of the molecule is CC12CCCC(CC(c3ccccc3)=N1)C2. The molecule has 1 heterocycles. The van der Waals surface area contributed by atoms with Crippen LogP contribution in [0.4, 0.5) is 0 Å². The van der Waals surface area contributed by atoms with Crippen molar-refractivity contribution in [1.82, 2.24) is 0 Å². The minimum absolute atomic E-state index is 0.242. The Kier molecular flexibility index (Phi) is 2.34. The van der Waals surface area contributed by atoms with Crippen LogP contribution in [0.1, 0.15) is 44.6 Å². The van der Waals surface area contributed by atoms with Crippen molar-refractivity contribution in [2.24, 2.45) is 10.9 Å². The second-order valence-electron chi connectivity index (χ2n) is 5.59. The summed E-state index contributed by atoms with van der Waals surface area (Å²) >= 11 is 0. The van der Waals surface area contributed by atoms with Gasteiger partial charge in [0, 0.05) is 5.71 Å². The maximum absolute atomic E-state index is 5.02. The van der Waals surface area contributed by atoms with E-state index in [0.717, 1.165) is 5.92 Å². The van der Waals surface area contributed by atoms with Gasteiger partial charge in [-0.2, -0.15) is 0 Å². The van der Waals surface area contributed by atoms with Gasteiger partial charge in [0.2, 0.25) is 0 Å². The van der Waals surface area contributed by atoms with Crippen molar-refractivity contribution in [3.63, 3.8) is 0 Å². The van der Waals surface area contributed by atoms with Gasteiger partial charge >= 0.3 is 0 Å². The van der Waals surface area contributed by atoms with E-state index in [0.29, 0.717) is 0 Å². The molecule has 1 aromatic rings. The molecule has 2 unspecified atom stereocenters. The Morgan fingerprint density at radius 1 is 1.25 bits per heavy atom. The van der Waals surface area contributed by atoms with Gasteiger partial charge in [0.05, 0.1) is 5.54 Å². The fourth-order valence-electron chi connectivity index (χ4n) is 3.33. The summed E-state index contributed by atoms with van der Waals surface area (Å²) in [5, 5.41) is 0. The average Bonchev–Trinajstić information content (AvgIpc) is 2.28. The van der Waals surface area contributed by atoms with Crippen LogP contribution in [-0.2, 0) is 0 Å². The van der Waals surface area contributed by atoms with Gasteiger partial charge in [-0.25, -0.2) is 0 Å². The Bertz CT molecular complexity index is 407. The van der Waals surface area contributed by atoms with E-state index >= 15 is 0 Å². The zero-order chi connectivity index (χ0) is 11.0. The molecule has 0 N–H and O–H groups in total. The van der Waals surface area contributed by atoms with Gasteiger partial charge in [-0.1, -0.05) is 36.8 Å². The molecule has 1 nitrogen and oxygen atoms in total. The first-order valence-corrected chi connectivity index (χ1v) is 6.39. The highest BCUT2D eigenvalue weighted by molar-refractivity contribution is 6.01. The molecule has 1 heteroatoms. The van der Waals surface area contributed by atoms with Gasteiger partial charge < -0.3 is 0 Å². The second kappa shape index (κ2) is 3.73. The first kappa shape index (κ1) is 10.1. The molecule has 2 aliphatic rings. The third-order valence-corrected chi connectivity index (χ3v) is 4.05. The van der Waals surface area contributed by atoms with Gasteiger partial charge in [-0.05, 0) is 44.1 Å². The average molecular weight is 213 g/mol. The van der Waals surface area contributed by atoms with Crippen LogP contribution >= 0.6 is 0 Å². The van der Waals surface area contributed by atoms with Gasteiger partial charge in [0.15, 0.2) is 0 Å². The number of fused-ring (bicyclic) bond motifs is 2. The molecule has 16 heavy (non-hydrogen) atoms. The first-order valence-electron chi connectivity index (χ1n) is 6.39. The van der Waals surface area contributed by atoms with Crippen molar-refractivity contribution in [3.05, 3.63) is 35.9 Å². The molecular weight excluding hydrogens is 194 g/mol. The third-order valence-electron chi connectivity index (χ3n) is 4.05. The molecule has 0 radical (unpaired) electrons. The molecule has 0 saturated heterocycles. The van der Waals surface area contributed by atoms with Crippen LogP contribution in [-0.4, -0.2) is 11.3 Å². The standard InChI is InChI=1S/C15H19N/c1-15-9-5-6-12(11-15)10-14(16-15)13-7-3-2-4-8-13/h2-4,7-8,12H,5-6,9-11H2,1H3. The maximum atomic E-state index is 5.02. The summed E-state index contributed by atoms with van der Waals surface area (Å²) in [6.45, 7) is 2.33. The van der Waals surface area contributed by atoms with E-state index in [2.05, 4.69) is 37.3 Å². The van der Waals surface area contributed by atoms with Crippen molar-refractivity contribution in [2.75, 3.05) is 0 Å². The molecule has 0 aromatic heterocycles. The van der Waals surface area contributed by atoms with E-state index in [1.165, 1.54) is 43.4 Å². The van der Waals surface area contributed by atoms with Gasteiger partial charge in [-0.3, -0.25) is 4.99 Å². The van der Waals surface area contributed by atoms with E-state index in [1.54, 1.807) is 0 Å². The zero-order valence-corrected chi connectivity index (χ0v) is 9.95. The highest BCUT2D eigenvalue weighted by Crippen LogP contribution is 2.41. The summed E-state index contributed by atoms with van der Waals surface area (Å²) in [5.41, 5.74) is 2.92. The number of rotatable bonds is 1. The zero-order valence-electron chi connectivity index (χ0n) is 9.95. The lowest BCUT2D eigenvalue weighted by molar-refractivity contribution is 0.234. The fourth-order valence-corrected chi connectivity index (χ4v) is 3.33. The lowest BCUT2D eigenvalue weighted by Crippen LogP contribution is -2.36. The Hall–Kier alpha value is -1.11. The summed E-state index contributed by atoms with van der Waals surface area (Å²) < 4.78 is 0. The van der Waals surface area contributed by atoms with Crippen molar-refractivity contribution in [1.29, 1.82) is 0 Å². The topological polar surface area (TPSA) is 12.4 Å². The van der Waals surface area contributed by atoms with Crippen LogP contribution in [0.5, 0.6) is 0 Å². The number of aliphatic imine (C=N–C) groups is 1. The Morgan fingerprint density at radius 3 is 2.81 bits per heavy atom. The molecule has 1 fully saturated rings. The Balaban J connectivity index is 1.97. The van der Waals surface area contributed by atoms with Crippen LogP contribution in [0.2, 0.25) is 0 Å². The van der Waals surface area contributed by atoms with Crippen molar-refractivity contribution < 1.29 is 0 Å². The van der Waals surface area contributed by atoms with Gasteiger partial charge in [0.25, 0.3) is 0 Å². The molecule has 1 aliphatic carbocycles. The maximum Gasteiger partial charge on any atom is 0.0586 e. The van der Waals surface area contributed by atoms with Crippen LogP contribution in [0.25, 0.3) is 0 Å². The van der Waals surface area contributed by atoms with E-state index < -0.39 is 0 Å². The second-order valence-corrected chi connectivity index (χ2v) is 5.59. The highest BCUT2D eigenvalue weighted by Gasteiger charge is 2.36. The highest BCUT2D eigenvalue weighted by atomic mass is 14.9. The molecule has 84 valence electrons. The Labute approximate surface area is 97.6 Å². The van der Waals surface area contributed by atoms with Crippen molar-refractivity contribution >= 4 is 5.71 Å². The lowest BCUT2D eigenvalue weighted by Gasteiger charge is -2.40. The fraction of sp³-hybridized carbons (Fsp3) is 0.533. The monoisotopic (exact) mass is 213 g/mol. The smallest absolute Gasteiger partial charge is 0.0586 e. The van der Waals surface area contributed by atoms with E-state index in [4.69, 9.17) is 4.99 Å². The summed E-state index contributed by atoms with van der Waals surface area (Å²) in [6.07, 6.45) is 6.55. The molecule has 1 saturated carbocycles. The van der Waals surface area contributed by atoms with Crippen molar-refractivity contribution in [3.8, 4) is 0 Å². The van der Waals surface area contributed by atoms with E-state index in [1.807, 2.05) is 0 Å². The number of hydrogen-bond acceptors (Lipinski definition) is 1. The number of benzene rings is 1. The van der Waals surface area contributed by atoms with Crippen LogP contribution < -0.4 is 0 Å². The normalized spacial score (nSPS) is 33.3. The summed E-state index contributed by atoms with van der Waals surface area (Å²) in [4.78, 5) is 5.02. The van der Waals surface area contributed by atoms with E-state index in [-0.39, 0.29) is 5.54 Å². The Morgan fingerprint density at radius 2 is 2.06 bits per heavy atom. The lowest BCUT2D eigenvalue weighted by atomic mass is 9.72. The van der Waals surface area contributed by atoms with Crippen LogP contribution in [0.15, 0.2) is 35.3 Å². The molecular formula is C15H19N. The minimum Gasteiger partial charge on any atom is -0.283 e. The number of hydrogen-bond donors (Lipinski definition) is 0. The number of nitrogens with zero attached hydrogens (tertiary/aromatic N) is 1. The van der Waals surface area contributed by atoms with E-state index in [9.17, 15) is 0 Å². The van der Waals surface area contributed by atoms with Gasteiger partial charge in [-0.15, -0.1) is 0 Å². The first-order chi connectivity index (χ1) is 7.75. The van der Waals surface area contributed by atoms with Gasteiger partial charge in [0.1, 0.15) is 0 Å². The largest absolute Gasteiger partial charge is 0.283 e. The molecule has 1 aliphatic heterocycles. The third kappa shape index (κ3) is 1.79. The predicted octanol–water partition coefficient (Wildman–Crippen LogP) is 3.83.